The summed E-state index contributed by atoms with van der Waals surface area (Å²) in [5, 5.41) is 21.1. The van der Waals surface area contributed by atoms with Crippen LogP contribution in [0.1, 0.15) is 18.0 Å². The van der Waals surface area contributed by atoms with Crippen LogP contribution in [0.4, 0.5) is 17.3 Å². The van der Waals surface area contributed by atoms with Gasteiger partial charge in [0.25, 0.3) is 11.6 Å². The molecule has 2 aromatic carbocycles. The maximum atomic E-state index is 12.5. The summed E-state index contributed by atoms with van der Waals surface area (Å²) >= 11 is 5.89. The molecule has 1 aromatic heterocycles. The number of aromatic nitrogens is 3. The Labute approximate surface area is 175 Å². The van der Waals surface area contributed by atoms with Crippen molar-refractivity contribution in [3.8, 4) is 11.4 Å². The van der Waals surface area contributed by atoms with Crippen molar-refractivity contribution in [1.29, 1.82) is 0 Å². The number of carbonyl (C=O) groups excluding carboxylic acids is 2. The lowest BCUT2D eigenvalue weighted by Gasteiger charge is -2.11. The fourth-order valence-corrected chi connectivity index (χ4v) is 3.19. The number of nitro groups is 1. The third-order valence-corrected chi connectivity index (χ3v) is 4.90. The largest absolute Gasteiger partial charge is 0.326 e. The van der Waals surface area contributed by atoms with Crippen LogP contribution in [-0.4, -0.2) is 31.5 Å². The summed E-state index contributed by atoms with van der Waals surface area (Å²) in [5.74, 6) is -0.246. The molecule has 11 heteroatoms. The van der Waals surface area contributed by atoms with Crippen molar-refractivity contribution in [3.63, 3.8) is 0 Å². The maximum absolute atomic E-state index is 12.5. The number of hydrogen-bond acceptors (Lipinski definition) is 6. The minimum atomic E-state index is -0.882. The van der Waals surface area contributed by atoms with Crippen LogP contribution in [0.15, 0.2) is 42.5 Å². The highest BCUT2D eigenvalue weighted by Gasteiger charge is 2.35. The summed E-state index contributed by atoms with van der Waals surface area (Å²) in [5.41, 5.74) is 1.55. The van der Waals surface area contributed by atoms with Crippen LogP contribution in [0, 0.1) is 17.0 Å². The minimum absolute atomic E-state index is 0.138. The molecule has 1 aliphatic rings. The van der Waals surface area contributed by atoms with Crippen molar-refractivity contribution in [2.75, 3.05) is 10.6 Å². The standard InChI is InChI=1S/C19H15ClN6O4/c1-10-2-7-13(26(29)30)8-14(10)21-16(27)9-15-18(28)23-19-22-17(24-25(15)19)11-3-5-12(20)6-4-11/h2-8,15H,9H2,1H3,(H,21,27)(H,22,23,24,28)/t15-/m0/s1. The van der Waals surface area contributed by atoms with Crippen LogP contribution in [-0.2, 0) is 9.59 Å². The van der Waals surface area contributed by atoms with E-state index in [1.807, 2.05) is 0 Å². The SMILES string of the molecule is Cc1ccc([N+](=O)[O-])cc1NC(=O)C[C@H]1C(=O)Nc2nc(-c3ccc(Cl)cc3)nn21. The number of fused-ring (bicyclic) bond motifs is 1. The van der Waals surface area contributed by atoms with Crippen molar-refractivity contribution in [1.82, 2.24) is 14.8 Å². The van der Waals surface area contributed by atoms with Gasteiger partial charge >= 0.3 is 0 Å². The first kappa shape index (κ1) is 19.5. The van der Waals surface area contributed by atoms with Crippen LogP contribution in [0.25, 0.3) is 11.4 Å². The summed E-state index contributed by atoms with van der Waals surface area (Å²) in [6.45, 7) is 1.72. The normalized spacial score (nSPS) is 14.9. The number of nitrogens with one attached hydrogen (secondary N) is 2. The summed E-state index contributed by atoms with van der Waals surface area (Å²) in [6, 6.07) is 10.2. The zero-order chi connectivity index (χ0) is 21.4. The van der Waals surface area contributed by atoms with E-state index >= 15 is 0 Å². The molecule has 10 nitrogen and oxygen atoms in total. The number of rotatable bonds is 5. The van der Waals surface area contributed by atoms with Crippen molar-refractivity contribution in [2.45, 2.75) is 19.4 Å². The van der Waals surface area contributed by atoms with Gasteiger partial charge in [0, 0.05) is 22.7 Å². The Hall–Kier alpha value is -3.79. The number of hydrogen-bond donors (Lipinski definition) is 2. The van der Waals surface area contributed by atoms with Crippen molar-refractivity contribution in [2.24, 2.45) is 0 Å². The van der Waals surface area contributed by atoms with Gasteiger partial charge in [-0.1, -0.05) is 17.7 Å². The van der Waals surface area contributed by atoms with Gasteiger partial charge in [0.05, 0.1) is 17.0 Å². The van der Waals surface area contributed by atoms with Gasteiger partial charge in [0.15, 0.2) is 5.82 Å². The van der Waals surface area contributed by atoms with E-state index in [-0.39, 0.29) is 18.1 Å². The van der Waals surface area contributed by atoms with E-state index < -0.39 is 22.8 Å². The molecule has 0 saturated carbocycles. The van der Waals surface area contributed by atoms with E-state index in [9.17, 15) is 19.7 Å². The Morgan fingerprint density at radius 3 is 2.73 bits per heavy atom. The highest BCUT2D eigenvalue weighted by molar-refractivity contribution is 6.30. The molecule has 1 aliphatic heterocycles. The number of carbonyl (C=O) groups is 2. The first-order valence-electron chi connectivity index (χ1n) is 8.90. The zero-order valence-corrected chi connectivity index (χ0v) is 16.4. The molecular weight excluding hydrogens is 412 g/mol. The number of nitro benzene ring substituents is 1. The number of nitrogens with zero attached hydrogens (tertiary/aromatic N) is 4. The smallest absolute Gasteiger partial charge is 0.271 e. The molecule has 0 aliphatic carbocycles. The third-order valence-electron chi connectivity index (χ3n) is 4.65. The molecule has 4 rings (SSSR count). The molecule has 1 atom stereocenters. The lowest BCUT2D eigenvalue weighted by Crippen LogP contribution is -2.24. The Kier molecular flexibility index (Phi) is 4.92. The summed E-state index contributed by atoms with van der Waals surface area (Å²) < 4.78 is 1.37. The van der Waals surface area contributed by atoms with Crippen molar-refractivity contribution >= 4 is 40.7 Å². The number of aryl methyl sites for hydroxylation is 1. The second-order valence-electron chi connectivity index (χ2n) is 6.72. The highest BCUT2D eigenvalue weighted by atomic mass is 35.5. The second kappa shape index (κ2) is 7.56. The van der Waals surface area contributed by atoms with E-state index in [4.69, 9.17) is 11.6 Å². The van der Waals surface area contributed by atoms with Gasteiger partial charge < -0.3 is 5.32 Å². The first-order chi connectivity index (χ1) is 14.3. The molecule has 0 fully saturated rings. The van der Waals surface area contributed by atoms with Crippen molar-refractivity contribution in [3.05, 3.63) is 63.2 Å². The molecule has 0 bridgehead atoms. The fraction of sp³-hybridized carbons (Fsp3) is 0.158. The lowest BCUT2D eigenvalue weighted by molar-refractivity contribution is -0.384. The summed E-state index contributed by atoms with van der Waals surface area (Å²) in [7, 11) is 0. The van der Waals surface area contributed by atoms with Gasteiger partial charge in [-0.2, -0.15) is 4.98 Å². The van der Waals surface area contributed by atoms with Crippen LogP contribution in [0.3, 0.4) is 0 Å². The maximum Gasteiger partial charge on any atom is 0.271 e. The molecule has 2 amide bonds. The summed E-state index contributed by atoms with van der Waals surface area (Å²) in [6.07, 6.45) is -0.204. The van der Waals surface area contributed by atoms with Crippen LogP contribution < -0.4 is 10.6 Å². The molecule has 0 radical (unpaired) electrons. The molecule has 0 spiro atoms. The van der Waals surface area contributed by atoms with Gasteiger partial charge in [0.1, 0.15) is 6.04 Å². The molecule has 3 aromatic rings. The van der Waals surface area contributed by atoms with E-state index in [1.54, 1.807) is 37.3 Å². The Morgan fingerprint density at radius 2 is 2.03 bits per heavy atom. The fourth-order valence-electron chi connectivity index (χ4n) is 3.07. The lowest BCUT2D eigenvalue weighted by atomic mass is 10.1. The van der Waals surface area contributed by atoms with E-state index in [1.165, 1.54) is 16.8 Å². The second-order valence-corrected chi connectivity index (χ2v) is 7.16. The van der Waals surface area contributed by atoms with Gasteiger partial charge in [-0.25, -0.2) is 4.68 Å². The summed E-state index contributed by atoms with van der Waals surface area (Å²) in [4.78, 5) is 39.5. The predicted octanol–water partition coefficient (Wildman–Crippen LogP) is 3.34. The number of non-ortho nitro benzene ring substituents is 1. The van der Waals surface area contributed by atoms with E-state index in [0.29, 0.717) is 27.7 Å². The molecular formula is C19H15ClN6O4. The van der Waals surface area contributed by atoms with E-state index in [2.05, 4.69) is 20.7 Å². The molecule has 0 unspecified atom stereocenters. The van der Waals surface area contributed by atoms with Gasteiger partial charge in [0.2, 0.25) is 11.9 Å². The first-order valence-corrected chi connectivity index (χ1v) is 9.28. The number of benzene rings is 2. The molecule has 30 heavy (non-hydrogen) atoms. The van der Waals surface area contributed by atoms with Gasteiger partial charge in [-0.15, -0.1) is 5.10 Å². The Balaban J connectivity index is 1.53. The number of anilines is 2. The zero-order valence-electron chi connectivity index (χ0n) is 15.6. The van der Waals surface area contributed by atoms with Crippen LogP contribution in [0.5, 0.6) is 0 Å². The molecule has 0 saturated heterocycles. The number of halogens is 1. The Bertz CT molecular complexity index is 1170. The molecule has 152 valence electrons. The monoisotopic (exact) mass is 426 g/mol. The molecule has 2 N–H and O–H groups in total. The number of amides is 2. The highest BCUT2D eigenvalue weighted by Crippen LogP contribution is 2.29. The average Bonchev–Trinajstić information content (AvgIpc) is 3.22. The van der Waals surface area contributed by atoms with E-state index in [0.717, 1.165) is 0 Å². The van der Waals surface area contributed by atoms with Crippen LogP contribution in [0.2, 0.25) is 5.02 Å². The van der Waals surface area contributed by atoms with Gasteiger partial charge in [-0.05, 0) is 36.8 Å². The topological polar surface area (TPSA) is 132 Å². The average molecular weight is 427 g/mol. The third kappa shape index (κ3) is 3.72. The minimum Gasteiger partial charge on any atom is -0.326 e. The Morgan fingerprint density at radius 1 is 1.30 bits per heavy atom. The molecule has 2 heterocycles. The predicted molar refractivity (Wildman–Crippen MR) is 109 cm³/mol. The quantitative estimate of drug-likeness (QED) is 0.475. The van der Waals surface area contributed by atoms with Crippen LogP contribution >= 0.6 is 11.6 Å². The van der Waals surface area contributed by atoms with Crippen molar-refractivity contribution < 1.29 is 14.5 Å². The van der Waals surface area contributed by atoms with Gasteiger partial charge in [-0.3, -0.25) is 25.0 Å².